The van der Waals surface area contributed by atoms with Gasteiger partial charge in [-0.1, -0.05) is 53.2 Å². The SMILES string of the molecule is O=C1CC(c2noc(Cc3c[nH]c4ccccc34)n2)CN1Cc1ccccc1Cl. The largest absolute Gasteiger partial charge is 0.361 e. The molecular formula is C22H19ClN4O2. The number of rotatable bonds is 5. The quantitative estimate of drug-likeness (QED) is 0.535. The van der Waals surface area contributed by atoms with Gasteiger partial charge in [-0.3, -0.25) is 4.79 Å². The Kier molecular flexibility index (Phi) is 4.56. The van der Waals surface area contributed by atoms with Gasteiger partial charge in [0.15, 0.2) is 5.82 Å². The van der Waals surface area contributed by atoms with Crippen molar-refractivity contribution in [1.82, 2.24) is 20.0 Å². The summed E-state index contributed by atoms with van der Waals surface area (Å²) >= 11 is 6.24. The number of carbonyl (C=O) groups is 1. The summed E-state index contributed by atoms with van der Waals surface area (Å²) in [7, 11) is 0. The highest BCUT2D eigenvalue weighted by Crippen LogP contribution is 2.29. The Balaban J connectivity index is 1.29. The van der Waals surface area contributed by atoms with Crippen LogP contribution in [-0.4, -0.2) is 32.5 Å². The fourth-order valence-corrected chi connectivity index (χ4v) is 4.07. The summed E-state index contributed by atoms with van der Waals surface area (Å²) in [5.74, 6) is 1.17. The molecule has 1 unspecified atom stereocenters. The summed E-state index contributed by atoms with van der Waals surface area (Å²) in [5.41, 5.74) is 3.13. The number of H-pyrrole nitrogens is 1. The van der Waals surface area contributed by atoms with Crippen LogP contribution in [0.1, 0.15) is 35.2 Å². The second kappa shape index (κ2) is 7.37. The van der Waals surface area contributed by atoms with Crippen molar-refractivity contribution in [1.29, 1.82) is 0 Å². The van der Waals surface area contributed by atoms with Crippen LogP contribution in [-0.2, 0) is 17.8 Å². The Morgan fingerprint density at radius 2 is 1.97 bits per heavy atom. The molecule has 146 valence electrons. The molecule has 1 fully saturated rings. The standard InChI is InChI=1S/C22H19ClN4O2/c23-18-7-3-1-5-14(18)12-27-13-16(10-21(27)28)22-25-20(29-26-22)9-15-11-24-19-8-4-2-6-17(15)19/h1-8,11,16,24H,9-10,12-13H2. The molecule has 0 bridgehead atoms. The Bertz CT molecular complexity index is 1180. The van der Waals surface area contributed by atoms with E-state index in [1.807, 2.05) is 53.6 Å². The Hall–Kier alpha value is -3.12. The Morgan fingerprint density at radius 3 is 2.86 bits per heavy atom. The highest BCUT2D eigenvalue weighted by atomic mass is 35.5. The molecule has 29 heavy (non-hydrogen) atoms. The summed E-state index contributed by atoms with van der Waals surface area (Å²) < 4.78 is 5.48. The van der Waals surface area contributed by atoms with E-state index in [2.05, 4.69) is 21.2 Å². The third-order valence-corrected chi connectivity index (χ3v) is 5.77. The van der Waals surface area contributed by atoms with E-state index in [0.717, 1.165) is 22.0 Å². The molecule has 2 aromatic carbocycles. The van der Waals surface area contributed by atoms with Gasteiger partial charge in [0.05, 0.1) is 6.42 Å². The van der Waals surface area contributed by atoms with Crippen molar-refractivity contribution in [3.8, 4) is 0 Å². The number of nitrogens with one attached hydrogen (secondary N) is 1. The lowest BCUT2D eigenvalue weighted by Gasteiger charge is -2.16. The molecule has 7 heteroatoms. The van der Waals surface area contributed by atoms with Crippen molar-refractivity contribution in [2.45, 2.75) is 25.3 Å². The number of halogens is 1. The van der Waals surface area contributed by atoms with Gasteiger partial charge in [0, 0.05) is 47.6 Å². The van der Waals surface area contributed by atoms with Gasteiger partial charge in [0.1, 0.15) is 0 Å². The summed E-state index contributed by atoms with van der Waals surface area (Å²) in [6, 6.07) is 15.7. The number of benzene rings is 2. The number of likely N-dealkylation sites (tertiary alicyclic amines) is 1. The number of aromatic amines is 1. The van der Waals surface area contributed by atoms with Crippen LogP contribution < -0.4 is 0 Å². The first-order valence-electron chi connectivity index (χ1n) is 9.56. The van der Waals surface area contributed by atoms with Gasteiger partial charge in [-0.15, -0.1) is 0 Å². The normalized spacial score (nSPS) is 16.8. The van der Waals surface area contributed by atoms with Gasteiger partial charge in [-0.05, 0) is 23.3 Å². The number of hydrogen-bond donors (Lipinski definition) is 1. The maximum atomic E-state index is 12.5. The number of fused-ring (bicyclic) bond motifs is 1. The Labute approximate surface area is 172 Å². The van der Waals surface area contributed by atoms with Crippen molar-refractivity contribution in [3.05, 3.63) is 82.6 Å². The maximum Gasteiger partial charge on any atom is 0.231 e. The van der Waals surface area contributed by atoms with Crippen molar-refractivity contribution in [2.75, 3.05) is 6.54 Å². The zero-order valence-electron chi connectivity index (χ0n) is 15.6. The molecule has 1 N–H and O–H groups in total. The second-order valence-electron chi connectivity index (χ2n) is 7.35. The minimum atomic E-state index is -0.0644. The summed E-state index contributed by atoms with van der Waals surface area (Å²) in [6.45, 7) is 1.06. The van der Waals surface area contributed by atoms with E-state index in [-0.39, 0.29) is 11.8 Å². The third-order valence-electron chi connectivity index (χ3n) is 5.40. The zero-order valence-corrected chi connectivity index (χ0v) is 16.4. The van der Waals surface area contributed by atoms with Crippen LogP contribution in [0.2, 0.25) is 5.02 Å². The summed E-state index contributed by atoms with van der Waals surface area (Å²) in [6.07, 6.45) is 2.91. The lowest BCUT2D eigenvalue weighted by molar-refractivity contribution is -0.128. The van der Waals surface area contributed by atoms with Gasteiger partial charge >= 0.3 is 0 Å². The van der Waals surface area contributed by atoms with Gasteiger partial charge in [0.2, 0.25) is 11.8 Å². The van der Waals surface area contributed by atoms with Crippen LogP contribution in [0.3, 0.4) is 0 Å². The summed E-state index contributed by atoms with van der Waals surface area (Å²) in [5, 5.41) is 5.97. The zero-order chi connectivity index (χ0) is 19.8. The third kappa shape index (κ3) is 3.51. The number of nitrogens with zero attached hydrogens (tertiary/aromatic N) is 3. The lowest BCUT2D eigenvalue weighted by atomic mass is 10.1. The molecule has 5 rings (SSSR count). The molecule has 4 aromatic rings. The van der Waals surface area contributed by atoms with E-state index >= 15 is 0 Å². The van der Waals surface area contributed by atoms with Crippen LogP contribution in [0, 0.1) is 0 Å². The van der Waals surface area contributed by atoms with Crippen LogP contribution in [0.25, 0.3) is 10.9 Å². The first-order chi connectivity index (χ1) is 14.2. The van der Waals surface area contributed by atoms with E-state index in [4.69, 9.17) is 16.1 Å². The van der Waals surface area contributed by atoms with Crippen molar-refractivity contribution < 1.29 is 9.32 Å². The molecule has 0 radical (unpaired) electrons. The molecule has 0 saturated carbocycles. The molecular weight excluding hydrogens is 388 g/mol. The highest BCUT2D eigenvalue weighted by Gasteiger charge is 2.34. The van der Waals surface area contributed by atoms with Crippen molar-refractivity contribution >= 4 is 28.4 Å². The van der Waals surface area contributed by atoms with Crippen molar-refractivity contribution in [3.63, 3.8) is 0 Å². The smallest absolute Gasteiger partial charge is 0.231 e. The average molecular weight is 407 g/mol. The van der Waals surface area contributed by atoms with Gasteiger partial charge in [-0.25, -0.2) is 0 Å². The molecule has 0 aliphatic carbocycles. The minimum Gasteiger partial charge on any atom is -0.361 e. The molecule has 1 aliphatic heterocycles. The van der Waals surface area contributed by atoms with Gasteiger partial charge < -0.3 is 14.4 Å². The number of carbonyl (C=O) groups excluding carboxylic acids is 1. The number of para-hydroxylation sites is 1. The van der Waals surface area contributed by atoms with Gasteiger partial charge in [0.25, 0.3) is 0 Å². The lowest BCUT2D eigenvalue weighted by Crippen LogP contribution is -2.24. The predicted molar refractivity (Wildman–Crippen MR) is 110 cm³/mol. The number of hydrogen-bond acceptors (Lipinski definition) is 4. The second-order valence-corrected chi connectivity index (χ2v) is 7.76. The van der Waals surface area contributed by atoms with E-state index < -0.39 is 0 Å². The average Bonchev–Trinajstić information content (AvgIpc) is 3.44. The van der Waals surface area contributed by atoms with Gasteiger partial charge in [-0.2, -0.15) is 4.98 Å². The first kappa shape index (κ1) is 17.9. The predicted octanol–water partition coefficient (Wildman–Crippen LogP) is 4.31. The van der Waals surface area contributed by atoms with Crippen LogP contribution in [0.4, 0.5) is 0 Å². The molecule has 1 aliphatic rings. The van der Waals surface area contributed by atoms with Crippen LogP contribution in [0.15, 0.2) is 59.3 Å². The molecule has 6 nitrogen and oxygen atoms in total. The van der Waals surface area contributed by atoms with Crippen LogP contribution in [0.5, 0.6) is 0 Å². The minimum absolute atomic E-state index is 0.0644. The van der Waals surface area contributed by atoms with Crippen LogP contribution >= 0.6 is 11.6 Å². The van der Waals surface area contributed by atoms with Crippen molar-refractivity contribution in [2.24, 2.45) is 0 Å². The van der Waals surface area contributed by atoms with E-state index in [1.54, 1.807) is 0 Å². The first-order valence-corrected chi connectivity index (χ1v) is 9.94. The van der Waals surface area contributed by atoms with E-state index in [1.165, 1.54) is 0 Å². The Morgan fingerprint density at radius 1 is 1.14 bits per heavy atom. The fourth-order valence-electron chi connectivity index (χ4n) is 3.88. The molecule has 3 heterocycles. The molecule has 1 saturated heterocycles. The van der Waals surface area contributed by atoms with E-state index in [0.29, 0.717) is 42.7 Å². The van der Waals surface area contributed by atoms with E-state index in [9.17, 15) is 4.79 Å². The summed E-state index contributed by atoms with van der Waals surface area (Å²) in [4.78, 5) is 22.1. The fraction of sp³-hybridized carbons (Fsp3) is 0.227. The molecule has 2 aromatic heterocycles. The topological polar surface area (TPSA) is 75.0 Å². The number of amides is 1. The molecule has 0 spiro atoms. The number of aromatic nitrogens is 3. The maximum absolute atomic E-state index is 12.5. The monoisotopic (exact) mass is 406 g/mol. The highest BCUT2D eigenvalue weighted by molar-refractivity contribution is 6.31. The molecule has 1 amide bonds. The molecule has 1 atom stereocenters.